The van der Waals surface area contributed by atoms with Crippen LogP contribution in [0.1, 0.15) is 70.7 Å². The second-order valence-corrected chi connectivity index (χ2v) is 10.2. The highest BCUT2D eigenvalue weighted by atomic mass is 16.5. The van der Waals surface area contributed by atoms with Crippen molar-refractivity contribution in [3.05, 3.63) is 63.5 Å². The topological polar surface area (TPSA) is 112 Å². The molecular weight excluding hydrogens is 486 g/mol. The largest absolute Gasteiger partial charge is 0.507 e. The van der Waals surface area contributed by atoms with Crippen LogP contribution in [0.2, 0.25) is 0 Å². The molecule has 0 saturated carbocycles. The van der Waals surface area contributed by atoms with Crippen molar-refractivity contribution in [2.24, 2.45) is 0 Å². The number of hydrogen-bond donors (Lipinski definition) is 2. The Morgan fingerprint density at radius 1 is 1.13 bits per heavy atom. The van der Waals surface area contributed by atoms with E-state index in [1.807, 2.05) is 24.3 Å². The van der Waals surface area contributed by atoms with Crippen molar-refractivity contribution < 1.29 is 29.0 Å². The maximum atomic E-state index is 13.4. The number of amides is 1. The number of aromatic nitrogens is 1. The van der Waals surface area contributed by atoms with Crippen LogP contribution in [0.25, 0.3) is 5.76 Å². The molecule has 1 atom stereocenters. The number of rotatable bonds is 8. The molecule has 3 heterocycles. The van der Waals surface area contributed by atoms with Crippen molar-refractivity contribution in [1.82, 2.24) is 14.8 Å². The zero-order chi connectivity index (χ0) is 27.6. The van der Waals surface area contributed by atoms with E-state index in [1.54, 1.807) is 18.7 Å². The normalized spacial score (nSPS) is 19.9. The minimum absolute atomic E-state index is 0.0280. The fourth-order valence-electron chi connectivity index (χ4n) is 5.36. The predicted octanol–water partition coefficient (Wildman–Crippen LogP) is 3.69. The number of aromatic amines is 1. The molecule has 0 radical (unpaired) electrons. The van der Waals surface area contributed by atoms with E-state index < -0.39 is 23.7 Å². The van der Waals surface area contributed by atoms with E-state index in [2.05, 4.69) is 23.7 Å². The molecule has 2 aromatic rings. The lowest BCUT2D eigenvalue weighted by molar-refractivity contribution is -0.140. The fraction of sp³-hybridized carbons (Fsp3) is 0.483. The van der Waals surface area contributed by atoms with Gasteiger partial charge < -0.3 is 24.5 Å². The summed E-state index contributed by atoms with van der Waals surface area (Å²) in [7, 11) is 1.28. The number of morpholine rings is 1. The molecule has 4 rings (SSSR count). The summed E-state index contributed by atoms with van der Waals surface area (Å²) in [6, 6.07) is 7.10. The third-order valence-electron chi connectivity index (χ3n) is 7.50. The van der Waals surface area contributed by atoms with Crippen LogP contribution in [0.3, 0.4) is 0 Å². The van der Waals surface area contributed by atoms with Gasteiger partial charge in [-0.1, -0.05) is 38.1 Å². The number of ketones is 1. The standard InChI is InChI=1S/C29H37N3O6/c1-17(2)20-7-9-21(10-8-20)25-23(26(33)22-18(3)24(29(36)37-5)30-19(22)4)27(34)28(35)32(25)12-6-11-31-13-15-38-16-14-31/h7-10,17,25,30,33H,6,11-16H2,1-5H3/b26-23+/t25-/m0/s1. The average molecular weight is 524 g/mol. The maximum absolute atomic E-state index is 13.4. The number of aliphatic hydroxyl groups is 1. The van der Waals surface area contributed by atoms with Crippen molar-refractivity contribution in [3.63, 3.8) is 0 Å². The molecule has 2 fully saturated rings. The number of H-pyrrole nitrogens is 1. The summed E-state index contributed by atoms with van der Waals surface area (Å²) in [5, 5.41) is 11.5. The number of Topliss-reactive ketones (excluding diaryl/α,β-unsaturated/α-hetero) is 1. The molecule has 0 spiro atoms. The van der Waals surface area contributed by atoms with Crippen LogP contribution in [0, 0.1) is 13.8 Å². The van der Waals surface area contributed by atoms with Gasteiger partial charge in [0, 0.05) is 37.4 Å². The number of benzene rings is 1. The Kier molecular flexibility index (Phi) is 8.38. The first-order valence-corrected chi connectivity index (χ1v) is 13.1. The molecule has 1 amide bonds. The molecule has 0 aliphatic carbocycles. The number of aryl methyl sites for hydroxylation is 1. The van der Waals surface area contributed by atoms with Gasteiger partial charge >= 0.3 is 5.97 Å². The van der Waals surface area contributed by atoms with E-state index in [9.17, 15) is 19.5 Å². The van der Waals surface area contributed by atoms with Crippen LogP contribution in [0.15, 0.2) is 29.8 Å². The van der Waals surface area contributed by atoms with E-state index in [0.717, 1.165) is 30.8 Å². The van der Waals surface area contributed by atoms with Crippen molar-refractivity contribution >= 4 is 23.4 Å². The first-order valence-electron chi connectivity index (χ1n) is 13.1. The number of nitrogens with one attached hydrogen (secondary N) is 1. The Morgan fingerprint density at radius 3 is 2.39 bits per heavy atom. The summed E-state index contributed by atoms with van der Waals surface area (Å²) < 4.78 is 10.3. The first kappa shape index (κ1) is 27.6. The third kappa shape index (κ3) is 5.26. The van der Waals surface area contributed by atoms with Crippen molar-refractivity contribution in [1.29, 1.82) is 0 Å². The van der Waals surface area contributed by atoms with E-state index in [-0.39, 0.29) is 17.0 Å². The van der Waals surface area contributed by atoms with Gasteiger partial charge in [-0.2, -0.15) is 0 Å². The number of likely N-dealkylation sites (tertiary alicyclic amines) is 1. The quantitative estimate of drug-likeness (QED) is 0.235. The highest BCUT2D eigenvalue weighted by Gasteiger charge is 2.46. The molecule has 0 bridgehead atoms. The average Bonchev–Trinajstić information content (AvgIpc) is 3.35. The van der Waals surface area contributed by atoms with Gasteiger partial charge in [-0.3, -0.25) is 14.5 Å². The van der Waals surface area contributed by atoms with Crippen LogP contribution in [-0.2, 0) is 19.1 Å². The number of nitrogens with zero attached hydrogens (tertiary/aromatic N) is 2. The molecule has 2 saturated heterocycles. The lowest BCUT2D eigenvalue weighted by Gasteiger charge is -2.29. The zero-order valence-electron chi connectivity index (χ0n) is 22.8. The van der Waals surface area contributed by atoms with E-state index in [1.165, 1.54) is 7.11 Å². The molecule has 1 aromatic carbocycles. The number of ether oxygens (including phenoxy) is 2. The molecule has 9 nitrogen and oxygen atoms in total. The Balaban J connectivity index is 1.75. The van der Waals surface area contributed by atoms with Gasteiger partial charge in [0.15, 0.2) is 0 Å². The van der Waals surface area contributed by atoms with Crippen LogP contribution >= 0.6 is 0 Å². The fourth-order valence-corrected chi connectivity index (χ4v) is 5.36. The number of esters is 1. The predicted molar refractivity (Wildman–Crippen MR) is 143 cm³/mol. The molecule has 0 unspecified atom stereocenters. The third-order valence-corrected chi connectivity index (χ3v) is 7.50. The van der Waals surface area contributed by atoms with Crippen LogP contribution in [0.5, 0.6) is 0 Å². The van der Waals surface area contributed by atoms with Gasteiger partial charge in [-0.25, -0.2) is 4.79 Å². The summed E-state index contributed by atoms with van der Waals surface area (Å²) >= 11 is 0. The van der Waals surface area contributed by atoms with E-state index >= 15 is 0 Å². The van der Waals surface area contributed by atoms with Gasteiger partial charge in [-0.05, 0) is 42.9 Å². The van der Waals surface area contributed by atoms with Crippen LogP contribution < -0.4 is 0 Å². The highest BCUT2D eigenvalue weighted by molar-refractivity contribution is 6.46. The number of carbonyl (C=O) groups is 3. The highest BCUT2D eigenvalue weighted by Crippen LogP contribution is 2.41. The summed E-state index contributed by atoms with van der Waals surface area (Å²) in [5.41, 5.74) is 3.41. The lowest BCUT2D eigenvalue weighted by Crippen LogP contribution is -2.38. The minimum atomic E-state index is -0.740. The second kappa shape index (κ2) is 11.5. The second-order valence-electron chi connectivity index (χ2n) is 10.2. The number of hydrogen-bond acceptors (Lipinski definition) is 7. The smallest absolute Gasteiger partial charge is 0.354 e. The molecule has 204 valence electrons. The van der Waals surface area contributed by atoms with Gasteiger partial charge in [0.05, 0.1) is 31.9 Å². The number of aliphatic hydroxyl groups excluding tert-OH is 1. The van der Waals surface area contributed by atoms with E-state index in [0.29, 0.717) is 48.9 Å². The summed E-state index contributed by atoms with van der Waals surface area (Å²) in [4.78, 5) is 45.8. The van der Waals surface area contributed by atoms with Gasteiger partial charge in [0.1, 0.15) is 11.5 Å². The molecular formula is C29H37N3O6. The Morgan fingerprint density at radius 2 is 1.79 bits per heavy atom. The van der Waals surface area contributed by atoms with Crippen molar-refractivity contribution in [2.75, 3.05) is 46.5 Å². The Bertz CT molecular complexity index is 1240. The van der Waals surface area contributed by atoms with Gasteiger partial charge in [0.2, 0.25) is 0 Å². The minimum Gasteiger partial charge on any atom is -0.507 e. The zero-order valence-corrected chi connectivity index (χ0v) is 22.8. The molecule has 38 heavy (non-hydrogen) atoms. The molecule has 2 aliphatic rings. The van der Waals surface area contributed by atoms with E-state index in [4.69, 9.17) is 9.47 Å². The SMILES string of the molecule is COC(=O)c1[nH]c(C)c(/C(O)=C2\C(=O)C(=O)N(CCCN3CCOCC3)[C@H]2c2ccc(C(C)C)cc2)c1C. The number of methoxy groups -OCH3 is 1. The van der Waals surface area contributed by atoms with Gasteiger partial charge in [-0.15, -0.1) is 0 Å². The first-order chi connectivity index (χ1) is 18.1. The molecule has 2 aliphatic heterocycles. The molecule has 2 N–H and O–H groups in total. The number of carbonyl (C=O) groups excluding carboxylic acids is 3. The Labute approximate surface area is 223 Å². The maximum Gasteiger partial charge on any atom is 0.354 e. The summed E-state index contributed by atoms with van der Waals surface area (Å²) in [6.07, 6.45) is 0.683. The molecule has 9 heteroatoms. The Hall–Kier alpha value is -3.43. The van der Waals surface area contributed by atoms with Crippen LogP contribution in [0.4, 0.5) is 0 Å². The summed E-state index contributed by atoms with van der Waals surface area (Å²) in [6.45, 7) is 11.8. The molecule has 1 aromatic heterocycles. The lowest BCUT2D eigenvalue weighted by atomic mass is 9.92. The van der Waals surface area contributed by atoms with Crippen LogP contribution in [-0.4, -0.2) is 84.1 Å². The van der Waals surface area contributed by atoms with Crippen molar-refractivity contribution in [3.8, 4) is 0 Å². The van der Waals surface area contributed by atoms with Crippen molar-refractivity contribution in [2.45, 2.75) is 46.1 Å². The summed E-state index contributed by atoms with van der Waals surface area (Å²) in [5.74, 6) is -1.91. The van der Waals surface area contributed by atoms with Gasteiger partial charge in [0.25, 0.3) is 11.7 Å². The monoisotopic (exact) mass is 523 g/mol.